The zero-order valence-corrected chi connectivity index (χ0v) is 19.0. The van der Waals surface area contributed by atoms with E-state index in [9.17, 15) is 9.59 Å². The van der Waals surface area contributed by atoms with Crippen LogP contribution in [0.5, 0.6) is 5.75 Å². The monoisotopic (exact) mass is 435 g/mol. The quantitative estimate of drug-likeness (QED) is 0.602. The van der Waals surface area contributed by atoms with Crippen LogP contribution in [0.3, 0.4) is 0 Å². The van der Waals surface area contributed by atoms with Crippen LogP contribution in [0.2, 0.25) is 0 Å². The summed E-state index contributed by atoms with van der Waals surface area (Å²) >= 11 is 0. The summed E-state index contributed by atoms with van der Waals surface area (Å²) in [5, 5.41) is 6.15. The molecule has 1 unspecified atom stereocenters. The Bertz CT molecular complexity index is 1180. The van der Waals surface area contributed by atoms with E-state index in [-0.39, 0.29) is 17.7 Å². The molecule has 2 aromatic carbocycles. The van der Waals surface area contributed by atoms with Gasteiger partial charge >= 0.3 is 6.09 Å². The lowest BCUT2D eigenvalue weighted by Gasteiger charge is -2.29. The maximum absolute atomic E-state index is 13.2. The first-order chi connectivity index (χ1) is 15.3. The highest BCUT2D eigenvalue weighted by Crippen LogP contribution is 2.35. The third-order valence-electron chi connectivity index (χ3n) is 5.58. The fourth-order valence-corrected chi connectivity index (χ4v) is 4.11. The zero-order chi connectivity index (χ0) is 22.9. The highest BCUT2D eigenvalue weighted by atomic mass is 16.6. The normalized spacial score (nSPS) is 16.4. The van der Waals surface area contributed by atoms with E-state index in [0.717, 1.165) is 35.2 Å². The third kappa shape index (κ3) is 4.47. The summed E-state index contributed by atoms with van der Waals surface area (Å²) in [6, 6.07) is 14.8. The van der Waals surface area contributed by atoms with Gasteiger partial charge in [-0.25, -0.2) is 9.48 Å². The number of likely N-dealkylation sites (tertiary alicyclic amines) is 1. The zero-order valence-electron chi connectivity index (χ0n) is 19.0. The molecule has 32 heavy (non-hydrogen) atoms. The molecule has 168 valence electrons. The number of aromatic nitrogens is 2. The van der Waals surface area contributed by atoms with Gasteiger partial charge in [0.05, 0.1) is 30.8 Å². The van der Waals surface area contributed by atoms with Gasteiger partial charge in [0.1, 0.15) is 11.4 Å². The number of fused-ring (bicyclic) bond motifs is 1. The molecule has 1 fully saturated rings. The Morgan fingerprint density at radius 1 is 1.09 bits per heavy atom. The Hall–Kier alpha value is -3.35. The van der Waals surface area contributed by atoms with Gasteiger partial charge in [-0.15, -0.1) is 0 Å². The lowest BCUT2D eigenvalue weighted by molar-refractivity contribution is 0.0221. The van der Waals surface area contributed by atoms with Gasteiger partial charge in [0, 0.05) is 11.9 Å². The maximum atomic E-state index is 13.2. The largest absolute Gasteiger partial charge is 0.497 e. The molecule has 7 nitrogen and oxygen atoms in total. The predicted molar refractivity (Wildman–Crippen MR) is 123 cm³/mol. The van der Waals surface area contributed by atoms with Crippen molar-refractivity contribution in [2.75, 3.05) is 13.7 Å². The van der Waals surface area contributed by atoms with Crippen molar-refractivity contribution in [2.24, 2.45) is 0 Å². The minimum Gasteiger partial charge on any atom is -0.497 e. The van der Waals surface area contributed by atoms with Crippen LogP contribution < -0.4 is 10.3 Å². The second-order valence-corrected chi connectivity index (χ2v) is 9.07. The fraction of sp³-hybridized carbons (Fsp3) is 0.400. The van der Waals surface area contributed by atoms with E-state index in [1.807, 2.05) is 69.3 Å². The van der Waals surface area contributed by atoms with Crippen LogP contribution in [-0.2, 0) is 11.3 Å². The van der Waals surface area contributed by atoms with Crippen molar-refractivity contribution in [3.63, 3.8) is 0 Å². The molecule has 3 aromatic rings. The molecule has 0 N–H and O–H groups in total. The molecule has 7 heteroatoms. The van der Waals surface area contributed by atoms with E-state index < -0.39 is 5.60 Å². The molecule has 0 bridgehead atoms. The van der Waals surface area contributed by atoms with E-state index in [4.69, 9.17) is 14.6 Å². The fourth-order valence-electron chi connectivity index (χ4n) is 4.11. The molecule has 4 rings (SSSR count). The molecule has 0 spiro atoms. The van der Waals surface area contributed by atoms with E-state index in [0.29, 0.717) is 18.5 Å². The van der Waals surface area contributed by atoms with Crippen LogP contribution in [0.1, 0.15) is 50.9 Å². The molecule has 1 aliphatic heterocycles. The number of amides is 1. The standard InChI is InChI=1S/C25H29N3O4/c1-25(2,3)32-24(30)27-15-7-10-21(27)22-19-8-5-6-9-20(19)23(29)28(26-22)16-17-11-13-18(31-4)14-12-17/h5-6,8-9,11-14,21H,7,10,15-16H2,1-4H3. The van der Waals surface area contributed by atoms with Crippen molar-refractivity contribution in [2.45, 2.75) is 51.8 Å². The van der Waals surface area contributed by atoms with Gasteiger partial charge in [0.2, 0.25) is 0 Å². The first kappa shape index (κ1) is 21.9. The number of hydrogen-bond acceptors (Lipinski definition) is 5. The first-order valence-corrected chi connectivity index (χ1v) is 10.9. The van der Waals surface area contributed by atoms with Gasteiger partial charge in [-0.2, -0.15) is 5.10 Å². The van der Waals surface area contributed by atoms with Gasteiger partial charge in [-0.05, 0) is 57.4 Å². The molecule has 1 aliphatic rings. The van der Waals surface area contributed by atoms with Crippen LogP contribution in [0.15, 0.2) is 53.3 Å². The highest BCUT2D eigenvalue weighted by Gasteiger charge is 2.35. The lowest BCUT2D eigenvalue weighted by atomic mass is 10.0. The van der Waals surface area contributed by atoms with Gasteiger partial charge in [0.15, 0.2) is 0 Å². The number of ether oxygens (including phenoxy) is 2. The van der Waals surface area contributed by atoms with Crippen molar-refractivity contribution in [3.05, 3.63) is 70.1 Å². The van der Waals surface area contributed by atoms with E-state index >= 15 is 0 Å². The summed E-state index contributed by atoms with van der Waals surface area (Å²) in [5.41, 5.74) is 0.948. The number of methoxy groups -OCH3 is 1. The number of carbonyl (C=O) groups is 1. The van der Waals surface area contributed by atoms with Crippen LogP contribution in [0, 0.1) is 0 Å². The van der Waals surface area contributed by atoms with Crippen molar-refractivity contribution >= 4 is 16.9 Å². The molecule has 1 saturated heterocycles. The number of benzene rings is 2. The lowest BCUT2D eigenvalue weighted by Crippen LogP contribution is -2.37. The van der Waals surface area contributed by atoms with Crippen molar-refractivity contribution in [1.82, 2.24) is 14.7 Å². The van der Waals surface area contributed by atoms with Gasteiger partial charge < -0.3 is 9.47 Å². The van der Waals surface area contributed by atoms with Gasteiger partial charge in [-0.1, -0.05) is 30.3 Å². The smallest absolute Gasteiger partial charge is 0.410 e. The van der Waals surface area contributed by atoms with Crippen LogP contribution >= 0.6 is 0 Å². The molecule has 0 radical (unpaired) electrons. The van der Waals surface area contributed by atoms with Crippen LogP contribution in [0.25, 0.3) is 10.8 Å². The maximum Gasteiger partial charge on any atom is 0.410 e. The minimum absolute atomic E-state index is 0.151. The average Bonchev–Trinajstić information content (AvgIpc) is 3.25. The van der Waals surface area contributed by atoms with Gasteiger partial charge in [-0.3, -0.25) is 9.69 Å². The highest BCUT2D eigenvalue weighted by molar-refractivity contribution is 5.84. The number of nitrogens with zero attached hydrogens (tertiary/aromatic N) is 3. The molecule has 1 atom stereocenters. The number of hydrogen-bond donors (Lipinski definition) is 0. The van der Waals surface area contributed by atoms with E-state index in [1.165, 1.54) is 4.68 Å². The Balaban J connectivity index is 1.76. The van der Waals surface area contributed by atoms with E-state index in [2.05, 4.69) is 0 Å². The molecular formula is C25H29N3O4. The Morgan fingerprint density at radius 2 is 1.78 bits per heavy atom. The van der Waals surface area contributed by atoms with Crippen molar-refractivity contribution in [3.8, 4) is 5.75 Å². The second-order valence-electron chi connectivity index (χ2n) is 9.07. The van der Waals surface area contributed by atoms with Crippen molar-refractivity contribution in [1.29, 1.82) is 0 Å². The van der Waals surface area contributed by atoms with Crippen molar-refractivity contribution < 1.29 is 14.3 Å². The van der Waals surface area contributed by atoms with E-state index in [1.54, 1.807) is 12.0 Å². The summed E-state index contributed by atoms with van der Waals surface area (Å²) in [5.74, 6) is 0.757. The number of rotatable bonds is 4. The topological polar surface area (TPSA) is 73.7 Å². The third-order valence-corrected chi connectivity index (χ3v) is 5.58. The second kappa shape index (κ2) is 8.65. The van der Waals surface area contributed by atoms with Crippen LogP contribution in [0.4, 0.5) is 4.79 Å². The molecule has 1 amide bonds. The number of carbonyl (C=O) groups excluding carboxylic acids is 1. The Labute approximate surface area is 187 Å². The molecule has 0 aliphatic carbocycles. The Morgan fingerprint density at radius 3 is 2.44 bits per heavy atom. The summed E-state index contributed by atoms with van der Waals surface area (Å²) in [4.78, 5) is 27.8. The summed E-state index contributed by atoms with van der Waals surface area (Å²) in [6.07, 6.45) is 1.29. The molecule has 0 saturated carbocycles. The SMILES string of the molecule is COc1ccc(Cn2nc(C3CCCN3C(=O)OC(C)(C)C)c3ccccc3c2=O)cc1. The van der Waals surface area contributed by atoms with Gasteiger partial charge in [0.25, 0.3) is 5.56 Å². The summed E-state index contributed by atoms with van der Waals surface area (Å²) in [6.45, 7) is 6.52. The summed E-state index contributed by atoms with van der Waals surface area (Å²) < 4.78 is 12.3. The predicted octanol–water partition coefficient (Wildman–Crippen LogP) is 4.53. The summed E-state index contributed by atoms with van der Waals surface area (Å²) in [7, 11) is 1.62. The Kier molecular flexibility index (Phi) is 5.91. The van der Waals surface area contributed by atoms with Crippen LogP contribution in [-0.4, -0.2) is 40.0 Å². The molecule has 1 aromatic heterocycles. The average molecular weight is 436 g/mol. The molecular weight excluding hydrogens is 406 g/mol. The minimum atomic E-state index is -0.577. The first-order valence-electron chi connectivity index (χ1n) is 10.9. The molecule has 2 heterocycles.